The molecule has 2 aliphatic carbocycles. The third-order valence-corrected chi connectivity index (χ3v) is 5.53. The monoisotopic (exact) mass is 329 g/mol. The Kier molecular flexibility index (Phi) is 5.51. The minimum Gasteiger partial charge on any atom is -0.354 e. The van der Waals surface area contributed by atoms with Crippen molar-refractivity contribution in [1.82, 2.24) is 10.6 Å². The fourth-order valence-electron chi connectivity index (χ4n) is 4.20. The summed E-state index contributed by atoms with van der Waals surface area (Å²) in [6.45, 7) is 0.911. The molecule has 0 aromatic heterocycles. The van der Waals surface area contributed by atoms with Gasteiger partial charge in [0.2, 0.25) is 5.91 Å². The second-order valence-electron chi connectivity index (χ2n) is 7.11. The zero-order valence-electron chi connectivity index (χ0n) is 14.0. The Morgan fingerprint density at radius 3 is 2.29 bits per heavy atom. The third-order valence-electron chi connectivity index (χ3n) is 5.53. The minimum atomic E-state index is -0.108. The summed E-state index contributed by atoms with van der Waals surface area (Å²) < 4.78 is 0. The first-order valence-corrected chi connectivity index (χ1v) is 9.01. The number of fused-ring (bicyclic) bond motifs is 2. The summed E-state index contributed by atoms with van der Waals surface area (Å²) in [7, 11) is 0. The Morgan fingerprint density at radius 2 is 1.62 bits per heavy atom. The molecule has 3 rings (SSSR count). The molecular weight excluding hydrogens is 302 g/mol. The molecule has 0 heterocycles. The van der Waals surface area contributed by atoms with Gasteiger partial charge in [-0.2, -0.15) is 0 Å². The molecule has 1 aromatic rings. The molecule has 5 nitrogen and oxygen atoms in total. The predicted molar refractivity (Wildman–Crippen MR) is 93.3 cm³/mol. The minimum absolute atomic E-state index is 0.0879. The molecule has 2 unspecified atom stereocenters. The number of carbonyl (C=O) groups excluding carboxylic acids is 2. The van der Waals surface area contributed by atoms with Gasteiger partial charge in [0.25, 0.3) is 5.91 Å². The number of amides is 2. The van der Waals surface area contributed by atoms with Gasteiger partial charge in [-0.05, 0) is 49.7 Å². The van der Waals surface area contributed by atoms with Crippen LogP contribution >= 0.6 is 0 Å². The molecule has 0 saturated heterocycles. The van der Waals surface area contributed by atoms with E-state index in [0.29, 0.717) is 30.5 Å². The lowest BCUT2D eigenvalue weighted by Gasteiger charge is -2.43. The zero-order valence-corrected chi connectivity index (χ0v) is 14.0. The quantitative estimate of drug-likeness (QED) is 0.719. The van der Waals surface area contributed by atoms with E-state index in [1.165, 1.54) is 6.42 Å². The van der Waals surface area contributed by atoms with Crippen LogP contribution in [0.4, 0.5) is 0 Å². The molecule has 2 atom stereocenters. The van der Waals surface area contributed by atoms with E-state index in [9.17, 15) is 9.59 Å². The van der Waals surface area contributed by atoms with Crippen LogP contribution < -0.4 is 16.4 Å². The van der Waals surface area contributed by atoms with Crippen molar-refractivity contribution in [3.05, 3.63) is 35.9 Å². The number of rotatable bonds is 5. The SMILES string of the molecule is NC1C2CCCC1CC(C(=O)NCCNC(=O)c1ccccc1)C2. The molecule has 1 aromatic carbocycles. The summed E-state index contributed by atoms with van der Waals surface area (Å²) >= 11 is 0. The van der Waals surface area contributed by atoms with Crippen LogP contribution in [0.25, 0.3) is 0 Å². The highest BCUT2D eigenvalue weighted by atomic mass is 16.2. The van der Waals surface area contributed by atoms with E-state index in [1.54, 1.807) is 12.1 Å². The van der Waals surface area contributed by atoms with Gasteiger partial charge >= 0.3 is 0 Å². The Hall–Kier alpha value is -1.88. The van der Waals surface area contributed by atoms with E-state index in [2.05, 4.69) is 10.6 Å². The van der Waals surface area contributed by atoms with Crippen LogP contribution in [0.5, 0.6) is 0 Å². The number of carbonyl (C=O) groups is 2. The molecule has 4 N–H and O–H groups in total. The highest BCUT2D eigenvalue weighted by Gasteiger charge is 2.40. The second-order valence-corrected chi connectivity index (χ2v) is 7.11. The van der Waals surface area contributed by atoms with Crippen molar-refractivity contribution >= 4 is 11.8 Å². The van der Waals surface area contributed by atoms with Crippen LogP contribution in [-0.2, 0) is 4.79 Å². The number of hydrogen-bond donors (Lipinski definition) is 3. The van der Waals surface area contributed by atoms with Crippen molar-refractivity contribution in [2.24, 2.45) is 23.5 Å². The van der Waals surface area contributed by atoms with Crippen molar-refractivity contribution in [3.63, 3.8) is 0 Å². The molecule has 2 saturated carbocycles. The lowest BCUT2D eigenvalue weighted by Crippen LogP contribution is -2.49. The molecule has 130 valence electrons. The van der Waals surface area contributed by atoms with Gasteiger partial charge in [0.05, 0.1) is 0 Å². The van der Waals surface area contributed by atoms with Gasteiger partial charge in [-0.15, -0.1) is 0 Å². The Bertz CT molecular complexity index is 561. The topological polar surface area (TPSA) is 84.2 Å². The van der Waals surface area contributed by atoms with Crippen molar-refractivity contribution in [3.8, 4) is 0 Å². The average Bonchev–Trinajstić information content (AvgIpc) is 2.59. The number of hydrogen-bond acceptors (Lipinski definition) is 3. The van der Waals surface area contributed by atoms with Gasteiger partial charge in [0, 0.05) is 30.6 Å². The fourth-order valence-corrected chi connectivity index (χ4v) is 4.20. The summed E-state index contributed by atoms with van der Waals surface area (Å²) in [6.07, 6.45) is 5.41. The molecule has 2 fully saturated rings. The van der Waals surface area contributed by atoms with E-state index in [4.69, 9.17) is 5.73 Å². The van der Waals surface area contributed by atoms with Gasteiger partial charge in [0.15, 0.2) is 0 Å². The van der Waals surface area contributed by atoms with Gasteiger partial charge in [-0.1, -0.05) is 24.6 Å². The zero-order chi connectivity index (χ0) is 16.9. The summed E-state index contributed by atoms with van der Waals surface area (Å²) in [5.74, 6) is 1.11. The van der Waals surface area contributed by atoms with Crippen LogP contribution in [0.1, 0.15) is 42.5 Å². The van der Waals surface area contributed by atoms with Crippen LogP contribution in [0.2, 0.25) is 0 Å². The average molecular weight is 329 g/mol. The molecule has 0 radical (unpaired) electrons. The molecule has 2 aliphatic rings. The first-order chi connectivity index (χ1) is 11.6. The maximum absolute atomic E-state index is 12.4. The molecule has 2 bridgehead atoms. The summed E-state index contributed by atoms with van der Waals surface area (Å²) in [5.41, 5.74) is 6.91. The first-order valence-electron chi connectivity index (χ1n) is 9.01. The Labute approximate surface area is 143 Å². The lowest BCUT2D eigenvalue weighted by atomic mass is 9.65. The third kappa shape index (κ3) is 3.96. The fraction of sp³-hybridized carbons (Fsp3) is 0.579. The normalized spacial score (nSPS) is 28.9. The van der Waals surface area contributed by atoms with Crippen LogP contribution in [-0.4, -0.2) is 30.9 Å². The van der Waals surface area contributed by atoms with E-state index in [-0.39, 0.29) is 23.8 Å². The largest absolute Gasteiger partial charge is 0.354 e. The second kappa shape index (κ2) is 7.79. The molecule has 24 heavy (non-hydrogen) atoms. The van der Waals surface area contributed by atoms with Gasteiger partial charge in [-0.3, -0.25) is 9.59 Å². The van der Waals surface area contributed by atoms with E-state index >= 15 is 0 Å². The van der Waals surface area contributed by atoms with Gasteiger partial charge in [-0.25, -0.2) is 0 Å². The van der Waals surface area contributed by atoms with Crippen molar-refractivity contribution in [2.45, 2.75) is 38.1 Å². The van der Waals surface area contributed by atoms with Crippen LogP contribution in [0.15, 0.2) is 30.3 Å². The number of benzene rings is 1. The smallest absolute Gasteiger partial charge is 0.251 e. The van der Waals surface area contributed by atoms with Crippen molar-refractivity contribution in [1.29, 1.82) is 0 Å². The van der Waals surface area contributed by atoms with Crippen LogP contribution in [0, 0.1) is 17.8 Å². The number of nitrogens with two attached hydrogens (primary N) is 1. The summed E-state index contributed by atoms with van der Waals surface area (Å²) in [6, 6.07) is 9.38. The van der Waals surface area contributed by atoms with Gasteiger partial charge in [0.1, 0.15) is 0 Å². The van der Waals surface area contributed by atoms with Crippen molar-refractivity contribution < 1.29 is 9.59 Å². The highest BCUT2D eigenvalue weighted by molar-refractivity contribution is 5.94. The molecule has 2 amide bonds. The van der Waals surface area contributed by atoms with E-state index < -0.39 is 0 Å². The highest BCUT2D eigenvalue weighted by Crippen LogP contribution is 2.41. The van der Waals surface area contributed by atoms with Crippen LogP contribution in [0.3, 0.4) is 0 Å². The maximum atomic E-state index is 12.4. The van der Waals surface area contributed by atoms with E-state index in [0.717, 1.165) is 25.7 Å². The molecular formula is C19H27N3O2. The standard InChI is InChI=1S/C19H27N3O2/c20-17-14-7-4-8-15(17)12-16(11-14)19(24)22-10-9-21-18(23)13-5-2-1-3-6-13/h1-3,5-6,14-17H,4,7-12,20H2,(H,21,23)(H,22,24). The summed E-state index contributed by atoms with van der Waals surface area (Å²) in [4.78, 5) is 24.3. The predicted octanol–water partition coefficient (Wildman–Crippen LogP) is 1.69. The molecule has 0 spiro atoms. The Morgan fingerprint density at radius 1 is 1.00 bits per heavy atom. The van der Waals surface area contributed by atoms with Crippen molar-refractivity contribution in [2.75, 3.05) is 13.1 Å². The number of nitrogens with one attached hydrogen (secondary N) is 2. The lowest BCUT2D eigenvalue weighted by molar-refractivity contribution is -0.127. The summed E-state index contributed by atoms with van der Waals surface area (Å²) in [5, 5.41) is 5.80. The Balaban J connectivity index is 1.39. The van der Waals surface area contributed by atoms with Gasteiger partial charge < -0.3 is 16.4 Å². The van der Waals surface area contributed by atoms with E-state index in [1.807, 2.05) is 18.2 Å². The molecule has 0 aliphatic heterocycles. The molecule has 5 heteroatoms. The first kappa shape index (κ1) is 17.0. The maximum Gasteiger partial charge on any atom is 0.251 e.